The molecule has 4 aliphatic rings. The first-order chi connectivity index (χ1) is 28.4. The van der Waals surface area contributed by atoms with Gasteiger partial charge in [-0.05, 0) is 108 Å². The number of esters is 1. The normalized spacial score (nSPS) is 45.7. The number of carbonyl (C=O) groups is 2. The highest BCUT2D eigenvalue weighted by molar-refractivity contribution is 5.73. The van der Waals surface area contributed by atoms with E-state index in [-0.39, 0.29) is 43.4 Å². The summed E-state index contributed by atoms with van der Waals surface area (Å²) in [6.07, 6.45) is -3.89. The summed E-state index contributed by atoms with van der Waals surface area (Å²) in [5, 5.41) is 50.8. The van der Waals surface area contributed by atoms with Gasteiger partial charge in [0.2, 0.25) is 0 Å². The molecule has 3 aliphatic heterocycles. The van der Waals surface area contributed by atoms with E-state index in [0.717, 1.165) is 32.1 Å². The summed E-state index contributed by atoms with van der Waals surface area (Å²) < 4.78 is 44.6. The Labute approximate surface area is 365 Å². The van der Waals surface area contributed by atoms with Crippen molar-refractivity contribution in [3.8, 4) is 0 Å². The summed E-state index contributed by atoms with van der Waals surface area (Å²) in [5.74, 6) is -2.70. The number of carbonyl (C=O) groups excluding carboxylic acids is 2. The largest absolute Gasteiger partial charge is 0.459 e. The maximum Gasteiger partial charge on any atom is 0.407 e. The van der Waals surface area contributed by atoms with Crippen LogP contribution in [0.2, 0.25) is 0 Å². The van der Waals surface area contributed by atoms with Crippen LogP contribution in [0.3, 0.4) is 0 Å². The molecule has 0 spiro atoms. The van der Waals surface area contributed by atoms with Gasteiger partial charge in [0.05, 0.1) is 35.9 Å². The fourth-order valence-corrected chi connectivity index (χ4v) is 10.5. The fourth-order valence-electron chi connectivity index (χ4n) is 10.5. The van der Waals surface area contributed by atoms with E-state index in [1.165, 1.54) is 6.92 Å². The molecule has 4 fully saturated rings. The zero-order valence-electron chi connectivity index (χ0n) is 39.7. The molecule has 16 nitrogen and oxygen atoms in total. The molecular formula is C45H83N3O13. The number of nitrogens with one attached hydrogen (secondary N) is 1. The highest BCUT2D eigenvalue weighted by Gasteiger charge is 2.54. The molecule has 0 bridgehead atoms. The molecule has 0 aromatic carbocycles. The van der Waals surface area contributed by atoms with Crippen molar-refractivity contribution in [3.63, 3.8) is 0 Å². The van der Waals surface area contributed by atoms with Crippen molar-refractivity contribution >= 4 is 12.1 Å². The molecule has 5 N–H and O–H groups in total. The molecule has 1 saturated carbocycles. The second-order valence-corrected chi connectivity index (χ2v) is 20.0. The quantitative estimate of drug-likeness (QED) is 0.209. The minimum atomic E-state index is -1.82. The Kier molecular flexibility index (Phi) is 18.3. The van der Waals surface area contributed by atoms with Gasteiger partial charge < -0.3 is 68.7 Å². The summed E-state index contributed by atoms with van der Waals surface area (Å²) in [6, 6.07) is -0.800. The molecule has 4 rings (SSSR count). The smallest absolute Gasteiger partial charge is 0.407 e. The van der Waals surface area contributed by atoms with E-state index in [1.54, 1.807) is 41.7 Å². The van der Waals surface area contributed by atoms with E-state index in [1.807, 2.05) is 58.6 Å². The first-order valence-electron chi connectivity index (χ1n) is 22.9. The molecule has 1 amide bonds. The predicted molar refractivity (Wildman–Crippen MR) is 228 cm³/mol. The van der Waals surface area contributed by atoms with Gasteiger partial charge in [-0.1, -0.05) is 40.0 Å². The van der Waals surface area contributed by atoms with E-state index in [4.69, 9.17) is 33.2 Å². The molecule has 356 valence electrons. The Morgan fingerprint density at radius 3 is 2.18 bits per heavy atom. The fraction of sp³-hybridized carbons (Fsp3) is 0.956. The third-order valence-electron chi connectivity index (χ3n) is 14.3. The maximum absolute atomic E-state index is 14.5. The van der Waals surface area contributed by atoms with Gasteiger partial charge >= 0.3 is 12.1 Å². The van der Waals surface area contributed by atoms with Crippen LogP contribution in [0.15, 0.2) is 0 Å². The molecule has 18 atom stereocenters. The number of hydrogen-bond acceptors (Lipinski definition) is 15. The third-order valence-corrected chi connectivity index (χ3v) is 14.3. The Morgan fingerprint density at radius 1 is 0.951 bits per heavy atom. The molecular weight excluding hydrogens is 791 g/mol. The number of aliphatic hydroxyl groups excluding tert-OH is 2. The van der Waals surface area contributed by atoms with Gasteiger partial charge in [0.1, 0.15) is 29.5 Å². The van der Waals surface area contributed by atoms with Crippen molar-refractivity contribution in [2.24, 2.45) is 17.8 Å². The lowest BCUT2D eigenvalue weighted by molar-refractivity contribution is -0.317. The number of amides is 1. The number of nitrogens with zero attached hydrogens (tertiary/aromatic N) is 2. The zero-order valence-corrected chi connectivity index (χ0v) is 39.7. The highest BCUT2D eigenvalue weighted by Crippen LogP contribution is 2.41. The number of cyclic esters (lactones) is 1. The van der Waals surface area contributed by atoms with Crippen LogP contribution in [-0.2, 0) is 38.0 Å². The maximum atomic E-state index is 14.5. The topological polar surface area (TPSA) is 198 Å². The standard InChI is InChI=1S/C45H83N3O13/c1-15-33-45(10,54)37(50)29(6)48(13)24-25(2)22-43(8,53)38(60-41-35(49)32(47(11)12)21-26(3)56-41)27(4)36(28(5)40(51)58-33)59-34-23-44(9,55-14)39(30(7)57-34)61-42(52)46-31-19-17-16-18-20-31/h25-39,41,49-50,53-54H,15-24H2,1-14H3,(H,46,52)/t25-,26-,27+,28-,29-,30+,32+,33-,34+,35-,36+,37-,38-,39+,41+,43+,44-,45-/m1/s1. The van der Waals surface area contributed by atoms with Crippen LogP contribution in [0.25, 0.3) is 0 Å². The van der Waals surface area contributed by atoms with Crippen molar-refractivity contribution in [2.45, 2.75) is 223 Å². The third kappa shape index (κ3) is 12.6. The number of ether oxygens (including phenoxy) is 7. The molecule has 0 radical (unpaired) electrons. The highest BCUT2D eigenvalue weighted by atomic mass is 16.7. The van der Waals surface area contributed by atoms with Gasteiger partial charge in [0.15, 0.2) is 18.7 Å². The van der Waals surface area contributed by atoms with Gasteiger partial charge in [-0.15, -0.1) is 0 Å². The second-order valence-electron chi connectivity index (χ2n) is 20.0. The van der Waals surface area contributed by atoms with Gasteiger partial charge in [-0.25, -0.2) is 4.79 Å². The van der Waals surface area contributed by atoms with Crippen molar-refractivity contribution in [2.75, 3.05) is 34.8 Å². The van der Waals surface area contributed by atoms with E-state index in [9.17, 15) is 30.0 Å². The van der Waals surface area contributed by atoms with Crippen molar-refractivity contribution in [1.29, 1.82) is 0 Å². The van der Waals surface area contributed by atoms with Crippen molar-refractivity contribution < 1.29 is 63.2 Å². The van der Waals surface area contributed by atoms with Crippen molar-refractivity contribution in [1.82, 2.24) is 15.1 Å². The molecule has 3 saturated heterocycles. The minimum absolute atomic E-state index is 0.0452. The second kappa shape index (κ2) is 21.5. The first kappa shape index (κ1) is 51.9. The van der Waals surface area contributed by atoms with E-state index in [0.29, 0.717) is 13.0 Å². The lowest BCUT2D eigenvalue weighted by Gasteiger charge is -2.49. The minimum Gasteiger partial charge on any atom is -0.459 e. The molecule has 0 aromatic rings. The van der Waals surface area contributed by atoms with E-state index >= 15 is 0 Å². The van der Waals surface area contributed by atoms with Crippen LogP contribution in [-0.4, -0.2) is 173 Å². The van der Waals surface area contributed by atoms with Crippen LogP contribution in [0.4, 0.5) is 4.79 Å². The molecule has 16 heteroatoms. The van der Waals surface area contributed by atoms with Crippen molar-refractivity contribution in [3.05, 3.63) is 0 Å². The van der Waals surface area contributed by atoms with E-state index < -0.39 is 102 Å². The Balaban J connectivity index is 1.75. The average Bonchev–Trinajstić information content (AvgIpc) is 3.18. The molecule has 0 aromatic heterocycles. The van der Waals surface area contributed by atoms with Gasteiger partial charge in [-0.3, -0.25) is 4.79 Å². The van der Waals surface area contributed by atoms with Crippen LogP contribution in [0.5, 0.6) is 0 Å². The van der Waals surface area contributed by atoms with Crippen LogP contribution in [0, 0.1) is 17.8 Å². The predicted octanol–water partition coefficient (Wildman–Crippen LogP) is 3.97. The monoisotopic (exact) mass is 874 g/mol. The summed E-state index contributed by atoms with van der Waals surface area (Å²) in [4.78, 5) is 31.5. The number of hydrogen-bond donors (Lipinski definition) is 5. The molecule has 3 heterocycles. The summed E-state index contributed by atoms with van der Waals surface area (Å²) in [7, 11) is 7.16. The number of alkyl carbamates (subject to hydrolysis) is 1. The Bertz CT molecular complexity index is 1400. The zero-order chi connectivity index (χ0) is 45.8. The summed E-state index contributed by atoms with van der Waals surface area (Å²) in [5.41, 5.74) is -4.48. The summed E-state index contributed by atoms with van der Waals surface area (Å²) in [6.45, 7) is 18.2. The number of aliphatic hydroxyl groups is 4. The molecule has 61 heavy (non-hydrogen) atoms. The van der Waals surface area contributed by atoms with Crippen LogP contribution < -0.4 is 5.32 Å². The number of rotatable bonds is 9. The van der Waals surface area contributed by atoms with Gasteiger partial charge in [0, 0.05) is 44.1 Å². The van der Waals surface area contributed by atoms with E-state index in [2.05, 4.69) is 5.32 Å². The van der Waals surface area contributed by atoms with Gasteiger partial charge in [-0.2, -0.15) is 0 Å². The SMILES string of the molecule is CC[C@H]1OC(=O)[C@H](C)[C@@H](O[C@H]2C[C@@](C)(OC)[C@@H](OC(=O)NC3CCCCC3)[C@H](C)O2)[C@H](C)[C@@H](O[C@@H]2O[C@H](C)C[C@H](N(C)C)[C@H]2O)[C@@](C)(O)C[C@@H](C)CN(C)[C@H](C)[C@@H](O)[C@]1(C)O. The number of methoxy groups -OCH3 is 1. The summed E-state index contributed by atoms with van der Waals surface area (Å²) >= 11 is 0. The Hall–Kier alpha value is -1.70. The molecule has 0 unspecified atom stereocenters. The lowest BCUT2D eigenvalue weighted by Crippen LogP contribution is -2.61. The first-order valence-corrected chi connectivity index (χ1v) is 22.9. The van der Waals surface area contributed by atoms with Gasteiger partial charge in [0.25, 0.3) is 0 Å². The Morgan fingerprint density at radius 2 is 1.59 bits per heavy atom. The molecule has 1 aliphatic carbocycles. The number of likely N-dealkylation sites (N-methyl/N-ethyl adjacent to an activating group) is 2. The van der Waals surface area contributed by atoms with Crippen LogP contribution in [0.1, 0.15) is 127 Å². The van der Waals surface area contributed by atoms with Crippen LogP contribution >= 0.6 is 0 Å². The average molecular weight is 874 g/mol. The lowest BCUT2D eigenvalue weighted by atomic mass is 9.77.